The molecule has 4 rings (SSSR count). The van der Waals surface area contributed by atoms with Crippen molar-refractivity contribution in [2.45, 2.75) is 24.8 Å². The summed E-state index contributed by atoms with van der Waals surface area (Å²) in [6.45, 7) is 1.07. The van der Waals surface area contributed by atoms with Crippen LogP contribution in [-0.4, -0.2) is 63.0 Å². The number of aliphatic imine (C=N–C) groups is 1. The van der Waals surface area contributed by atoms with Gasteiger partial charge in [0.05, 0.1) is 20.8 Å². The number of amides is 1. The van der Waals surface area contributed by atoms with E-state index in [4.69, 9.17) is 29.0 Å². The lowest BCUT2D eigenvalue weighted by Crippen LogP contribution is -2.53. The lowest BCUT2D eigenvalue weighted by Gasteiger charge is -2.24. The molecule has 212 valence electrons. The van der Waals surface area contributed by atoms with E-state index >= 15 is 0 Å². The van der Waals surface area contributed by atoms with Gasteiger partial charge in [0.25, 0.3) is 5.91 Å². The monoisotopic (exact) mass is 611 g/mol. The predicted octanol–water partition coefficient (Wildman–Crippen LogP) is 3.85. The van der Waals surface area contributed by atoms with Crippen molar-refractivity contribution in [2.24, 2.45) is 4.99 Å². The second-order valence-electron chi connectivity index (χ2n) is 9.26. The maximum absolute atomic E-state index is 13.6. The first-order valence-corrected chi connectivity index (χ1v) is 13.8. The van der Waals surface area contributed by atoms with Crippen molar-refractivity contribution < 1.29 is 28.8 Å². The number of nitrogens with one attached hydrogen (secondary N) is 2. The molecule has 1 atom stereocenters. The highest BCUT2D eigenvalue weighted by Gasteiger charge is 2.45. The summed E-state index contributed by atoms with van der Waals surface area (Å²) in [6, 6.07) is 20.7. The highest BCUT2D eigenvalue weighted by atomic mass is 79.9. The third-order valence-electron chi connectivity index (χ3n) is 6.51. The molecule has 0 bridgehead atoms. The third kappa shape index (κ3) is 7.32. The Bertz CT molecular complexity index is 1320. The minimum Gasteiger partial charge on any atom is -0.497 e. The van der Waals surface area contributed by atoms with E-state index in [9.17, 15) is 4.79 Å². The number of rotatable bonds is 14. The van der Waals surface area contributed by atoms with Crippen LogP contribution in [0.3, 0.4) is 0 Å². The lowest BCUT2D eigenvalue weighted by atomic mass is 9.91. The Kier molecular flexibility index (Phi) is 10.4. The van der Waals surface area contributed by atoms with Crippen molar-refractivity contribution >= 4 is 27.7 Å². The molecule has 1 aliphatic rings. The number of benzene rings is 3. The number of methoxy groups -OCH3 is 2. The van der Waals surface area contributed by atoms with Gasteiger partial charge in [0, 0.05) is 36.0 Å². The highest BCUT2D eigenvalue weighted by Crippen LogP contribution is 2.30. The Morgan fingerprint density at radius 3 is 2.55 bits per heavy atom. The molecule has 0 saturated heterocycles. The summed E-state index contributed by atoms with van der Waals surface area (Å²) in [4.78, 5) is 18.5. The van der Waals surface area contributed by atoms with Gasteiger partial charge in [-0.15, -0.1) is 0 Å². The molecular weight excluding hydrogens is 578 g/mol. The maximum atomic E-state index is 13.6. The number of carbonyl (C=O) groups excluding carboxylic acids is 1. The summed E-state index contributed by atoms with van der Waals surface area (Å²) in [5.41, 5.74) is 7.37. The summed E-state index contributed by atoms with van der Waals surface area (Å²) in [5.74, 6) is 2.28. The zero-order chi connectivity index (χ0) is 28.4. The minimum atomic E-state index is -1.17. The van der Waals surface area contributed by atoms with E-state index in [2.05, 4.69) is 26.8 Å². The van der Waals surface area contributed by atoms with Gasteiger partial charge in [0.1, 0.15) is 23.9 Å². The average Bonchev–Trinajstić information content (AvgIpc) is 3.42. The Hall–Kier alpha value is -3.60. The number of halogens is 1. The molecule has 9 nitrogen and oxygen atoms in total. The van der Waals surface area contributed by atoms with Crippen LogP contribution in [0.25, 0.3) is 0 Å². The van der Waals surface area contributed by atoms with Gasteiger partial charge in [-0.25, -0.2) is 10.4 Å². The number of aliphatic hydroxyl groups excluding tert-OH is 1. The molecule has 1 heterocycles. The molecule has 3 aromatic rings. The largest absolute Gasteiger partial charge is 0.497 e. The van der Waals surface area contributed by atoms with Crippen molar-refractivity contribution in [3.63, 3.8) is 0 Å². The van der Waals surface area contributed by atoms with Crippen molar-refractivity contribution in [1.29, 1.82) is 0 Å². The number of hydrogen-bond acceptors (Lipinski definition) is 8. The number of nitrogens with zero attached hydrogens (tertiary/aromatic N) is 1. The molecule has 3 N–H and O–H groups in total. The molecule has 10 heteroatoms. The van der Waals surface area contributed by atoms with Crippen molar-refractivity contribution in [3.8, 4) is 17.2 Å². The number of carbonyl (C=O) groups is 1. The van der Waals surface area contributed by atoms with Crippen LogP contribution in [0.5, 0.6) is 17.2 Å². The van der Waals surface area contributed by atoms with Crippen molar-refractivity contribution in [3.05, 3.63) is 87.9 Å². The van der Waals surface area contributed by atoms with Crippen LogP contribution < -0.4 is 25.1 Å². The number of ether oxygens (including phenoxy) is 4. The standard InChI is InChI=1S/C30H34BrN3O6/c1-37-25-12-13-27(38-2)22(18-25)14-15-32-34-29(36)30(19-23-6-3-4-7-26(23)31)20-40-28(33-30)21-8-10-24(11-9-21)39-17-5-16-35/h3-4,6-13,18,32,35H,5,14-17,19-20H2,1-2H3,(H,34,36)/t30-/m0/s1. The smallest absolute Gasteiger partial charge is 0.266 e. The van der Waals surface area contributed by atoms with Crippen molar-refractivity contribution in [1.82, 2.24) is 10.9 Å². The minimum absolute atomic E-state index is 0.0778. The number of hydrogen-bond donors (Lipinski definition) is 3. The highest BCUT2D eigenvalue weighted by molar-refractivity contribution is 9.10. The fraction of sp³-hybridized carbons (Fsp3) is 0.333. The SMILES string of the molecule is COc1ccc(OC)c(CCNNC(=O)[C@]2(Cc3ccccc3Br)COC(c3ccc(OCCCO)cc3)=N2)c1. The Morgan fingerprint density at radius 1 is 1.05 bits per heavy atom. The van der Waals surface area contributed by atoms with E-state index in [0.717, 1.165) is 32.7 Å². The molecule has 40 heavy (non-hydrogen) atoms. The van der Waals surface area contributed by atoms with Crippen molar-refractivity contribution in [2.75, 3.05) is 40.6 Å². The van der Waals surface area contributed by atoms with Gasteiger partial charge < -0.3 is 24.1 Å². The van der Waals surface area contributed by atoms with Crippen LogP contribution in [0, 0.1) is 0 Å². The lowest BCUT2D eigenvalue weighted by molar-refractivity contribution is -0.127. The van der Waals surface area contributed by atoms with Gasteiger partial charge in [-0.2, -0.15) is 0 Å². The first-order valence-electron chi connectivity index (χ1n) is 13.0. The van der Waals surface area contributed by atoms with Gasteiger partial charge >= 0.3 is 0 Å². The van der Waals surface area contributed by atoms with Gasteiger partial charge in [0.2, 0.25) is 5.90 Å². The molecule has 3 aromatic carbocycles. The topological polar surface area (TPSA) is 111 Å². The Balaban J connectivity index is 1.48. The summed E-state index contributed by atoms with van der Waals surface area (Å²) in [5, 5.41) is 8.95. The van der Waals surface area contributed by atoms with Crippen LogP contribution in [0.15, 0.2) is 76.2 Å². The van der Waals surface area contributed by atoms with Crippen LogP contribution >= 0.6 is 15.9 Å². The molecule has 0 saturated carbocycles. The van der Waals surface area contributed by atoms with Gasteiger partial charge in [-0.1, -0.05) is 34.1 Å². The maximum Gasteiger partial charge on any atom is 0.266 e. The summed E-state index contributed by atoms with van der Waals surface area (Å²) in [6.07, 6.45) is 1.51. The first kappa shape index (κ1) is 29.4. The van der Waals surface area contributed by atoms with E-state index in [-0.39, 0.29) is 19.1 Å². The zero-order valence-electron chi connectivity index (χ0n) is 22.6. The molecule has 0 spiro atoms. The Morgan fingerprint density at radius 2 is 1.82 bits per heavy atom. The molecule has 1 aliphatic heterocycles. The van der Waals surface area contributed by atoms with Gasteiger partial charge in [-0.05, 0) is 66.1 Å². The molecule has 0 radical (unpaired) electrons. The molecule has 0 fully saturated rings. The summed E-state index contributed by atoms with van der Waals surface area (Å²) in [7, 11) is 3.24. The fourth-order valence-corrected chi connectivity index (χ4v) is 4.75. The predicted molar refractivity (Wildman–Crippen MR) is 156 cm³/mol. The van der Waals surface area contributed by atoms with E-state index in [0.29, 0.717) is 44.1 Å². The van der Waals surface area contributed by atoms with E-state index in [1.54, 1.807) is 14.2 Å². The molecular formula is C30H34BrN3O6. The summed E-state index contributed by atoms with van der Waals surface area (Å²) >= 11 is 3.60. The van der Waals surface area contributed by atoms with Crippen LogP contribution in [0.4, 0.5) is 0 Å². The van der Waals surface area contributed by atoms with Gasteiger partial charge in [-0.3, -0.25) is 10.2 Å². The van der Waals surface area contributed by atoms with Crippen LogP contribution in [0.2, 0.25) is 0 Å². The van der Waals surface area contributed by atoms with E-state index in [1.165, 1.54) is 0 Å². The number of hydrazine groups is 1. The third-order valence-corrected chi connectivity index (χ3v) is 7.28. The normalized spacial score (nSPS) is 16.1. The quantitative estimate of drug-likeness (QED) is 0.188. The summed E-state index contributed by atoms with van der Waals surface area (Å²) < 4.78 is 23.3. The van der Waals surface area contributed by atoms with Crippen LogP contribution in [0.1, 0.15) is 23.1 Å². The first-order chi connectivity index (χ1) is 19.5. The second-order valence-corrected chi connectivity index (χ2v) is 10.1. The molecule has 0 aromatic heterocycles. The zero-order valence-corrected chi connectivity index (χ0v) is 24.2. The Labute approximate surface area is 242 Å². The van der Waals surface area contributed by atoms with Crippen LogP contribution in [-0.2, 0) is 22.4 Å². The number of aliphatic hydroxyl groups is 1. The molecule has 0 aliphatic carbocycles. The molecule has 1 amide bonds. The van der Waals surface area contributed by atoms with Gasteiger partial charge in [0.15, 0.2) is 5.54 Å². The van der Waals surface area contributed by atoms with E-state index < -0.39 is 5.54 Å². The average molecular weight is 613 g/mol. The fourth-order valence-electron chi connectivity index (χ4n) is 4.32. The second kappa shape index (κ2) is 14.2. The van der Waals surface area contributed by atoms with E-state index in [1.807, 2.05) is 66.7 Å². The molecule has 0 unspecified atom stereocenters.